The molecule has 62 valence electrons. The zero-order valence-electron chi connectivity index (χ0n) is 6.40. The summed E-state index contributed by atoms with van der Waals surface area (Å²) in [6, 6.07) is 6.29. The zero-order chi connectivity index (χ0) is 8.39. The molecule has 1 aliphatic rings. The Bertz CT molecular complexity index is 286. The van der Waals surface area contributed by atoms with E-state index in [1.165, 1.54) is 18.5 Å². The van der Waals surface area contributed by atoms with E-state index in [2.05, 4.69) is 4.99 Å². The Hall–Kier alpha value is -1.38. The second-order valence-electron chi connectivity index (χ2n) is 2.65. The van der Waals surface area contributed by atoms with Crippen LogP contribution in [0.2, 0.25) is 0 Å². The van der Waals surface area contributed by atoms with Crippen LogP contribution in [0.25, 0.3) is 0 Å². The molecule has 2 rings (SSSR count). The highest BCUT2D eigenvalue weighted by Gasteiger charge is 2.14. The van der Waals surface area contributed by atoms with Gasteiger partial charge in [0.1, 0.15) is 11.9 Å². The lowest BCUT2D eigenvalue weighted by Gasteiger charge is -2.07. The Morgan fingerprint density at radius 2 is 2.08 bits per heavy atom. The van der Waals surface area contributed by atoms with Crippen molar-refractivity contribution in [2.75, 3.05) is 6.54 Å². The maximum absolute atomic E-state index is 12.5. The Morgan fingerprint density at radius 3 is 2.67 bits per heavy atom. The van der Waals surface area contributed by atoms with Crippen molar-refractivity contribution in [2.45, 2.75) is 6.10 Å². The van der Waals surface area contributed by atoms with Gasteiger partial charge in [0.2, 0.25) is 0 Å². The average Bonchev–Trinajstić information content (AvgIpc) is 2.58. The van der Waals surface area contributed by atoms with Gasteiger partial charge in [0, 0.05) is 0 Å². The molecule has 2 nitrogen and oxygen atoms in total. The first-order chi connectivity index (χ1) is 5.86. The Morgan fingerprint density at radius 1 is 1.33 bits per heavy atom. The summed E-state index contributed by atoms with van der Waals surface area (Å²) in [5, 5.41) is 0. The lowest BCUT2D eigenvalue weighted by atomic mass is 10.1. The van der Waals surface area contributed by atoms with Crippen molar-refractivity contribution in [3.8, 4) is 0 Å². The molecular weight excluding hydrogens is 157 g/mol. The Labute approximate surface area is 69.7 Å². The normalized spacial score (nSPS) is 20.9. The number of hydrogen-bond acceptors (Lipinski definition) is 2. The van der Waals surface area contributed by atoms with Crippen LogP contribution in [0.3, 0.4) is 0 Å². The van der Waals surface area contributed by atoms with Gasteiger partial charge in [0.15, 0.2) is 6.40 Å². The minimum absolute atomic E-state index is 0.0226. The third-order valence-electron chi connectivity index (χ3n) is 1.81. The predicted octanol–water partition coefficient (Wildman–Crippen LogP) is 1.93. The lowest BCUT2D eigenvalue weighted by Crippen LogP contribution is -1.99. The highest BCUT2D eigenvalue weighted by atomic mass is 19.1. The van der Waals surface area contributed by atoms with Crippen LogP contribution in [0, 0.1) is 5.82 Å². The largest absolute Gasteiger partial charge is 0.474 e. The number of ether oxygens (including phenoxy) is 1. The fourth-order valence-electron chi connectivity index (χ4n) is 1.16. The summed E-state index contributed by atoms with van der Waals surface area (Å²) in [5.41, 5.74) is 0.967. The number of rotatable bonds is 1. The number of aliphatic imine (C=N–C) groups is 1. The SMILES string of the molecule is Fc1ccc(C2CN=CO2)cc1. The number of nitrogens with zero attached hydrogens (tertiary/aromatic N) is 1. The Balaban J connectivity index is 2.18. The average molecular weight is 165 g/mol. The zero-order valence-corrected chi connectivity index (χ0v) is 6.40. The minimum Gasteiger partial charge on any atom is -0.474 e. The maximum Gasteiger partial charge on any atom is 0.170 e. The van der Waals surface area contributed by atoms with Crippen molar-refractivity contribution >= 4 is 6.40 Å². The van der Waals surface area contributed by atoms with Gasteiger partial charge in [-0.3, -0.25) is 4.99 Å². The lowest BCUT2D eigenvalue weighted by molar-refractivity contribution is 0.240. The van der Waals surface area contributed by atoms with E-state index >= 15 is 0 Å². The topological polar surface area (TPSA) is 21.6 Å². The van der Waals surface area contributed by atoms with Crippen LogP contribution in [-0.4, -0.2) is 12.9 Å². The summed E-state index contributed by atoms with van der Waals surface area (Å²) in [7, 11) is 0. The maximum atomic E-state index is 12.5. The van der Waals surface area contributed by atoms with E-state index in [1.54, 1.807) is 12.1 Å². The second kappa shape index (κ2) is 2.93. The monoisotopic (exact) mass is 165 g/mol. The molecular formula is C9H8FNO. The molecule has 0 saturated carbocycles. The molecule has 1 atom stereocenters. The number of benzene rings is 1. The molecule has 1 heterocycles. The van der Waals surface area contributed by atoms with E-state index in [9.17, 15) is 4.39 Å². The standard InChI is InChI=1S/C9H8FNO/c10-8-3-1-7(2-4-8)9-5-11-6-12-9/h1-4,6,9H,5H2. The van der Waals surface area contributed by atoms with Gasteiger partial charge in [-0.1, -0.05) is 12.1 Å². The predicted molar refractivity (Wildman–Crippen MR) is 43.6 cm³/mol. The molecule has 1 unspecified atom stereocenters. The first-order valence-corrected chi connectivity index (χ1v) is 3.75. The molecule has 1 aromatic carbocycles. The molecule has 3 heteroatoms. The first kappa shape index (κ1) is 7.28. The minimum atomic E-state index is -0.224. The summed E-state index contributed by atoms with van der Waals surface area (Å²) >= 11 is 0. The Kier molecular flexibility index (Phi) is 1.78. The molecule has 0 aromatic heterocycles. The van der Waals surface area contributed by atoms with Crippen molar-refractivity contribution in [2.24, 2.45) is 4.99 Å². The van der Waals surface area contributed by atoms with Crippen molar-refractivity contribution in [1.29, 1.82) is 0 Å². The molecule has 0 saturated heterocycles. The molecule has 1 aliphatic heterocycles. The molecule has 0 amide bonds. The van der Waals surface area contributed by atoms with Crippen LogP contribution >= 0.6 is 0 Å². The van der Waals surface area contributed by atoms with Gasteiger partial charge >= 0.3 is 0 Å². The van der Waals surface area contributed by atoms with E-state index < -0.39 is 0 Å². The van der Waals surface area contributed by atoms with Crippen LogP contribution in [0.1, 0.15) is 11.7 Å². The van der Waals surface area contributed by atoms with Crippen LogP contribution in [0.5, 0.6) is 0 Å². The van der Waals surface area contributed by atoms with Gasteiger partial charge in [0.05, 0.1) is 6.54 Å². The fourth-order valence-corrected chi connectivity index (χ4v) is 1.16. The van der Waals surface area contributed by atoms with Gasteiger partial charge in [-0.25, -0.2) is 4.39 Å². The van der Waals surface area contributed by atoms with Gasteiger partial charge in [-0.05, 0) is 17.7 Å². The van der Waals surface area contributed by atoms with E-state index in [4.69, 9.17) is 4.74 Å². The summed E-state index contributed by atoms with van der Waals surface area (Å²) in [6.45, 7) is 0.631. The van der Waals surface area contributed by atoms with Crippen LogP contribution in [-0.2, 0) is 4.74 Å². The van der Waals surface area contributed by atoms with E-state index in [0.29, 0.717) is 6.54 Å². The van der Waals surface area contributed by atoms with E-state index in [1.807, 2.05) is 0 Å². The van der Waals surface area contributed by atoms with Crippen LogP contribution in [0.15, 0.2) is 29.3 Å². The highest BCUT2D eigenvalue weighted by Crippen LogP contribution is 2.20. The third-order valence-corrected chi connectivity index (χ3v) is 1.81. The van der Waals surface area contributed by atoms with E-state index in [0.717, 1.165) is 5.56 Å². The fraction of sp³-hybridized carbons (Fsp3) is 0.222. The van der Waals surface area contributed by atoms with Crippen molar-refractivity contribution in [1.82, 2.24) is 0 Å². The molecule has 0 aliphatic carbocycles. The van der Waals surface area contributed by atoms with E-state index in [-0.39, 0.29) is 11.9 Å². The van der Waals surface area contributed by atoms with Gasteiger partial charge in [-0.2, -0.15) is 0 Å². The first-order valence-electron chi connectivity index (χ1n) is 3.75. The molecule has 0 N–H and O–H groups in total. The molecule has 0 bridgehead atoms. The van der Waals surface area contributed by atoms with Gasteiger partial charge in [-0.15, -0.1) is 0 Å². The van der Waals surface area contributed by atoms with Crippen LogP contribution in [0.4, 0.5) is 4.39 Å². The van der Waals surface area contributed by atoms with Gasteiger partial charge in [0.25, 0.3) is 0 Å². The van der Waals surface area contributed by atoms with Crippen molar-refractivity contribution < 1.29 is 9.13 Å². The smallest absolute Gasteiger partial charge is 0.170 e. The van der Waals surface area contributed by atoms with Crippen LogP contribution < -0.4 is 0 Å². The van der Waals surface area contributed by atoms with Crippen molar-refractivity contribution in [3.63, 3.8) is 0 Å². The molecule has 1 aromatic rings. The molecule has 12 heavy (non-hydrogen) atoms. The van der Waals surface area contributed by atoms with Gasteiger partial charge < -0.3 is 4.74 Å². The molecule has 0 spiro atoms. The second-order valence-corrected chi connectivity index (χ2v) is 2.65. The molecule has 0 fully saturated rings. The third kappa shape index (κ3) is 1.30. The summed E-state index contributed by atoms with van der Waals surface area (Å²) in [6.07, 6.45) is 1.42. The summed E-state index contributed by atoms with van der Waals surface area (Å²) < 4.78 is 17.7. The molecule has 0 radical (unpaired) electrons. The number of halogens is 1. The van der Waals surface area contributed by atoms with Crippen molar-refractivity contribution in [3.05, 3.63) is 35.6 Å². The quantitative estimate of drug-likeness (QED) is 0.623. The summed E-state index contributed by atoms with van der Waals surface area (Å²) in [5.74, 6) is -0.224. The summed E-state index contributed by atoms with van der Waals surface area (Å²) in [4.78, 5) is 3.92. The number of hydrogen-bond donors (Lipinski definition) is 0. The highest BCUT2D eigenvalue weighted by molar-refractivity contribution is 5.49.